The topological polar surface area (TPSA) is 70.2 Å². The van der Waals surface area contributed by atoms with Crippen LogP contribution in [-0.4, -0.2) is 41.6 Å². The molecule has 1 amide bonds. The molecule has 0 bridgehead atoms. The molecule has 1 fully saturated rings. The summed E-state index contributed by atoms with van der Waals surface area (Å²) in [5.74, 6) is 0.584. The van der Waals surface area contributed by atoms with E-state index in [1.807, 2.05) is 12.1 Å². The lowest BCUT2D eigenvalue weighted by atomic mass is 10.1. The number of rotatable bonds is 4. The highest BCUT2D eigenvalue weighted by Crippen LogP contribution is 2.27. The molecule has 3 aromatic rings. The number of hydrogen-bond acceptors (Lipinski definition) is 6. The number of piperazine rings is 1. The maximum Gasteiger partial charge on any atom is 0.258 e. The highest BCUT2D eigenvalue weighted by Gasteiger charge is 2.21. The zero-order valence-electron chi connectivity index (χ0n) is 14.9. The molecule has 1 saturated heterocycles. The van der Waals surface area contributed by atoms with Gasteiger partial charge >= 0.3 is 0 Å². The lowest BCUT2D eigenvalue weighted by molar-refractivity contribution is 0.102. The SMILES string of the molecule is CC[C@@H]1CN(c2cnc3scc(C(=O)Nc4ccccc4Cl)c3n2)CCN1. The minimum atomic E-state index is -0.229. The molecule has 140 valence electrons. The van der Waals surface area contributed by atoms with E-state index in [1.54, 1.807) is 23.7 Å². The van der Waals surface area contributed by atoms with Gasteiger partial charge in [-0.3, -0.25) is 4.79 Å². The minimum Gasteiger partial charge on any atom is -0.352 e. The highest BCUT2D eigenvalue weighted by atomic mass is 35.5. The first kappa shape index (κ1) is 18.2. The molecule has 3 heterocycles. The first-order valence-corrected chi connectivity index (χ1v) is 10.2. The van der Waals surface area contributed by atoms with Crippen LogP contribution in [0.4, 0.5) is 11.5 Å². The Morgan fingerprint density at radius 3 is 3.11 bits per heavy atom. The second-order valence-corrected chi connectivity index (χ2v) is 7.74. The Hall–Kier alpha value is -2.22. The molecule has 0 spiro atoms. The number of carbonyl (C=O) groups is 1. The molecule has 1 aromatic carbocycles. The minimum absolute atomic E-state index is 0.229. The molecule has 0 saturated carbocycles. The number of fused-ring (bicyclic) bond motifs is 1. The summed E-state index contributed by atoms with van der Waals surface area (Å²) >= 11 is 7.57. The first-order valence-electron chi connectivity index (χ1n) is 8.94. The molecule has 0 unspecified atom stereocenters. The largest absolute Gasteiger partial charge is 0.352 e. The molecule has 0 radical (unpaired) electrons. The lowest BCUT2D eigenvalue weighted by Crippen LogP contribution is -2.50. The van der Waals surface area contributed by atoms with Crippen LogP contribution in [0.5, 0.6) is 0 Å². The number of halogens is 1. The van der Waals surface area contributed by atoms with Crippen LogP contribution in [0, 0.1) is 0 Å². The maximum absolute atomic E-state index is 12.8. The van der Waals surface area contributed by atoms with Gasteiger partial charge in [0.15, 0.2) is 0 Å². The fraction of sp³-hybridized carbons (Fsp3) is 0.316. The van der Waals surface area contributed by atoms with Crippen molar-refractivity contribution in [3.63, 3.8) is 0 Å². The lowest BCUT2D eigenvalue weighted by Gasteiger charge is -2.33. The van der Waals surface area contributed by atoms with Crippen molar-refractivity contribution in [2.45, 2.75) is 19.4 Å². The number of nitrogens with zero attached hydrogens (tertiary/aromatic N) is 3. The summed E-state index contributed by atoms with van der Waals surface area (Å²) in [6.07, 6.45) is 2.86. The average Bonchev–Trinajstić information content (AvgIpc) is 3.13. The molecule has 6 nitrogen and oxygen atoms in total. The summed E-state index contributed by atoms with van der Waals surface area (Å²) in [5, 5.41) is 8.66. The third-order valence-electron chi connectivity index (χ3n) is 4.71. The van der Waals surface area contributed by atoms with Gasteiger partial charge in [0.05, 0.1) is 22.5 Å². The van der Waals surface area contributed by atoms with E-state index in [9.17, 15) is 4.79 Å². The molecule has 4 rings (SSSR count). The van der Waals surface area contributed by atoms with Crippen molar-refractivity contribution in [1.29, 1.82) is 0 Å². The Balaban J connectivity index is 1.62. The molecule has 1 aliphatic rings. The summed E-state index contributed by atoms with van der Waals surface area (Å²) in [7, 11) is 0. The van der Waals surface area contributed by atoms with Crippen LogP contribution in [-0.2, 0) is 0 Å². The number of nitrogens with one attached hydrogen (secondary N) is 2. The normalized spacial score (nSPS) is 17.3. The summed E-state index contributed by atoms with van der Waals surface area (Å²) < 4.78 is 0. The number of amides is 1. The van der Waals surface area contributed by atoms with Crippen LogP contribution in [0.2, 0.25) is 5.02 Å². The predicted octanol–water partition coefficient (Wildman–Crippen LogP) is 3.79. The fourth-order valence-corrected chi connectivity index (χ4v) is 4.19. The van der Waals surface area contributed by atoms with Gasteiger partial charge < -0.3 is 15.5 Å². The van der Waals surface area contributed by atoms with E-state index in [4.69, 9.17) is 16.6 Å². The van der Waals surface area contributed by atoms with Crippen LogP contribution in [0.3, 0.4) is 0 Å². The monoisotopic (exact) mass is 401 g/mol. The predicted molar refractivity (Wildman–Crippen MR) is 111 cm³/mol. The fourth-order valence-electron chi connectivity index (χ4n) is 3.17. The number of thiophene rings is 1. The van der Waals surface area contributed by atoms with Gasteiger partial charge in [-0.15, -0.1) is 11.3 Å². The van der Waals surface area contributed by atoms with Gasteiger partial charge in [-0.25, -0.2) is 9.97 Å². The van der Waals surface area contributed by atoms with Gasteiger partial charge in [0.25, 0.3) is 5.91 Å². The quantitative estimate of drug-likeness (QED) is 0.696. The van der Waals surface area contributed by atoms with E-state index in [2.05, 4.69) is 27.4 Å². The van der Waals surface area contributed by atoms with Gasteiger partial charge in [0, 0.05) is 31.1 Å². The van der Waals surface area contributed by atoms with Gasteiger partial charge in [-0.1, -0.05) is 30.7 Å². The van der Waals surface area contributed by atoms with Crippen LogP contribution in [0.1, 0.15) is 23.7 Å². The molecule has 27 heavy (non-hydrogen) atoms. The third-order valence-corrected chi connectivity index (χ3v) is 5.91. The molecule has 2 aromatic heterocycles. The van der Waals surface area contributed by atoms with Gasteiger partial charge in [0.1, 0.15) is 16.2 Å². The molecular weight excluding hydrogens is 382 g/mol. The van der Waals surface area contributed by atoms with Gasteiger partial charge in [-0.05, 0) is 18.6 Å². The molecular formula is C19H20ClN5OS. The van der Waals surface area contributed by atoms with Crippen molar-refractivity contribution in [1.82, 2.24) is 15.3 Å². The van der Waals surface area contributed by atoms with Crippen molar-refractivity contribution in [3.8, 4) is 0 Å². The van der Waals surface area contributed by atoms with E-state index >= 15 is 0 Å². The van der Waals surface area contributed by atoms with Crippen LogP contribution < -0.4 is 15.5 Å². The number of benzene rings is 1. The maximum atomic E-state index is 12.8. The Morgan fingerprint density at radius 2 is 2.30 bits per heavy atom. The van der Waals surface area contributed by atoms with E-state index in [1.165, 1.54) is 11.3 Å². The standard InChI is InChI=1S/C19H20ClN5OS/c1-2-12-10-25(8-7-21-12)16-9-22-19-17(24-16)13(11-27-19)18(26)23-15-6-4-3-5-14(15)20/h3-6,9,11-12,21H,2,7-8,10H2,1H3,(H,23,26)/t12-/m1/s1. The van der Waals surface area contributed by atoms with Crippen molar-refractivity contribution >= 4 is 50.7 Å². The molecule has 1 atom stereocenters. The van der Waals surface area contributed by atoms with E-state index < -0.39 is 0 Å². The van der Waals surface area contributed by atoms with E-state index in [0.29, 0.717) is 27.8 Å². The second-order valence-electron chi connectivity index (χ2n) is 6.47. The zero-order valence-corrected chi connectivity index (χ0v) is 16.5. The molecule has 8 heteroatoms. The average molecular weight is 402 g/mol. The van der Waals surface area contributed by atoms with Gasteiger partial charge in [-0.2, -0.15) is 0 Å². The first-order chi connectivity index (χ1) is 13.2. The Kier molecular flexibility index (Phi) is 5.24. The molecule has 0 aliphatic carbocycles. The van der Waals surface area contributed by atoms with Crippen molar-refractivity contribution < 1.29 is 4.79 Å². The van der Waals surface area contributed by atoms with Crippen LogP contribution in [0.15, 0.2) is 35.8 Å². The third kappa shape index (κ3) is 3.76. The number of para-hydroxylation sites is 1. The highest BCUT2D eigenvalue weighted by molar-refractivity contribution is 7.17. The Bertz CT molecular complexity index is 976. The summed E-state index contributed by atoms with van der Waals surface area (Å²) in [5.41, 5.74) is 1.74. The second kappa shape index (κ2) is 7.80. The summed E-state index contributed by atoms with van der Waals surface area (Å²) in [6, 6.07) is 7.63. The van der Waals surface area contributed by atoms with Crippen molar-refractivity contribution in [2.24, 2.45) is 0 Å². The van der Waals surface area contributed by atoms with E-state index in [-0.39, 0.29) is 5.91 Å². The summed E-state index contributed by atoms with van der Waals surface area (Å²) in [4.78, 5) is 25.0. The summed E-state index contributed by atoms with van der Waals surface area (Å²) in [6.45, 7) is 4.86. The number of anilines is 2. The number of hydrogen-bond donors (Lipinski definition) is 2. The van der Waals surface area contributed by atoms with Crippen LogP contribution >= 0.6 is 22.9 Å². The van der Waals surface area contributed by atoms with Gasteiger partial charge in [0.2, 0.25) is 0 Å². The number of aromatic nitrogens is 2. The zero-order chi connectivity index (χ0) is 18.8. The van der Waals surface area contributed by atoms with Crippen LogP contribution in [0.25, 0.3) is 10.3 Å². The molecule has 2 N–H and O–H groups in total. The smallest absolute Gasteiger partial charge is 0.258 e. The molecule has 1 aliphatic heterocycles. The Morgan fingerprint density at radius 1 is 1.44 bits per heavy atom. The van der Waals surface area contributed by atoms with Crippen molar-refractivity contribution in [2.75, 3.05) is 29.9 Å². The van der Waals surface area contributed by atoms with Crippen molar-refractivity contribution in [3.05, 3.63) is 46.4 Å². The Labute approximate surface area is 166 Å². The number of carbonyl (C=O) groups excluding carboxylic acids is 1. The van der Waals surface area contributed by atoms with E-state index in [0.717, 1.165) is 36.7 Å².